The summed E-state index contributed by atoms with van der Waals surface area (Å²) in [5.74, 6) is 0.303. The molecule has 0 fully saturated rings. The monoisotopic (exact) mass is 290 g/mol. The molecule has 0 aromatic heterocycles. The van der Waals surface area contributed by atoms with Gasteiger partial charge in [0.15, 0.2) is 5.96 Å². The van der Waals surface area contributed by atoms with Gasteiger partial charge in [-0.1, -0.05) is 25.8 Å². The molecule has 0 unspecified atom stereocenters. The fourth-order valence-electron chi connectivity index (χ4n) is 1.83. The summed E-state index contributed by atoms with van der Waals surface area (Å²) in [6.45, 7) is 6.02. The van der Waals surface area contributed by atoms with E-state index in [4.69, 9.17) is 5.26 Å². The van der Waals surface area contributed by atoms with Crippen LogP contribution in [0.4, 0.5) is 4.39 Å². The van der Waals surface area contributed by atoms with Gasteiger partial charge in [0.2, 0.25) is 0 Å². The lowest BCUT2D eigenvalue weighted by Gasteiger charge is -2.11. The standard InChI is InChI=1S/C16H23FN4/c1-3-5-6-9-20-16(19-4-2)21-12-14-8-7-13(11-18)10-15(14)17/h7-8,10H,3-6,9,12H2,1-2H3,(H2,19,20,21). The second kappa shape index (κ2) is 9.76. The van der Waals surface area contributed by atoms with Crippen LogP contribution in [-0.4, -0.2) is 19.0 Å². The van der Waals surface area contributed by atoms with Crippen LogP contribution in [0.1, 0.15) is 44.2 Å². The van der Waals surface area contributed by atoms with Crippen molar-refractivity contribution in [2.75, 3.05) is 13.1 Å². The van der Waals surface area contributed by atoms with Crippen molar-refractivity contribution >= 4 is 5.96 Å². The van der Waals surface area contributed by atoms with E-state index in [1.165, 1.54) is 18.9 Å². The largest absolute Gasteiger partial charge is 0.357 e. The molecule has 0 amide bonds. The summed E-state index contributed by atoms with van der Waals surface area (Å²) in [6, 6.07) is 6.38. The second-order valence-corrected chi connectivity index (χ2v) is 4.75. The topological polar surface area (TPSA) is 60.2 Å². The summed E-state index contributed by atoms with van der Waals surface area (Å²) >= 11 is 0. The van der Waals surface area contributed by atoms with Crippen molar-refractivity contribution in [3.63, 3.8) is 0 Å². The number of unbranched alkanes of at least 4 members (excludes halogenated alkanes) is 2. The molecule has 0 atom stereocenters. The van der Waals surface area contributed by atoms with Crippen LogP contribution < -0.4 is 10.6 Å². The summed E-state index contributed by atoms with van der Waals surface area (Å²) < 4.78 is 13.8. The number of rotatable bonds is 7. The summed E-state index contributed by atoms with van der Waals surface area (Å²) in [5.41, 5.74) is 0.810. The Kier molecular flexibility index (Phi) is 7.88. The molecule has 1 aromatic rings. The molecule has 0 spiro atoms. The van der Waals surface area contributed by atoms with Gasteiger partial charge >= 0.3 is 0 Å². The molecule has 0 aliphatic rings. The third-order valence-electron chi connectivity index (χ3n) is 3.01. The third kappa shape index (κ3) is 6.26. The summed E-state index contributed by atoms with van der Waals surface area (Å²) in [4.78, 5) is 4.37. The number of benzene rings is 1. The van der Waals surface area contributed by atoms with Crippen molar-refractivity contribution in [3.05, 3.63) is 35.1 Å². The Balaban J connectivity index is 2.62. The number of aliphatic imine (C=N–C) groups is 1. The number of nitrogens with zero attached hydrogens (tertiary/aromatic N) is 2. The molecule has 0 aliphatic carbocycles. The fraction of sp³-hybridized carbons (Fsp3) is 0.500. The van der Waals surface area contributed by atoms with Gasteiger partial charge in [-0.2, -0.15) is 5.26 Å². The minimum absolute atomic E-state index is 0.251. The van der Waals surface area contributed by atoms with E-state index >= 15 is 0 Å². The van der Waals surface area contributed by atoms with E-state index in [9.17, 15) is 4.39 Å². The summed E-state index contributed by atoms with van der Waals surface area (Å²) in [5, 5.41) is 15.1. The molecule has 1 aromatic carbocycles. The Bertz CT molecular complexity index is 505. The molecule has 114 valence electrons. The number of hydrogen-bond donors (Lipinski definition) is 2. The molecular weight excluding hydrogens is 267 g/mol. The molecule has 5 heteroatoms. The highest BCUT2D eigenvalue weighted by Crippen LogP contribution is 2.10. The van der Waals surface area contributed by atoms with E-state index in [1.807, 2.05) is 13.0 Å². The predicted octanol–water partition coefficient (Wildman–Crippen LogP) is 2.94. The van der Waals surface area contributed by atoms with Crippen LogP contribution in [0, 0.1) is 17.1 Å². The van der Waals surface area contributed by atoms with Crippen LogP contribution in [0.3, 0.4) is 0 Å². The SMILES string of the molecule is CCCCCNC(=NCc1ccc(C#N)cc1F)NCC. The fourth-order valence-corrected chi connectivity index (χ4v) is 1.83. The summed E-state index contributed by atoms with van der Waals surface area (Å²) in [6.07, 6.45) is 3.44. The average Bonchev–Trinajstić information content (AvgIpc) is 2.49. The smallest absolute Gasteiger partial charge is 0.191 e. The first-order chi connectivity index (χ1) is 10.2. The van der Waals surface area contributed by atoms with Gasteiger partial charge in [0.25, 0.3) is 0 Å². The van der Waals surface area contributed by atoms with E-state index in [1.54, 1.807) is 12.1 Å². The lowest BCUT2D eigenvalue weighted by Crippen LogP contribution is -2.37. The number of halogens is 1. The maximum absolute atomic E-state index is 13.8. The van der Waals surface area contributed by atoms with Gasteiger partial charge in [-0.15, -0.1) is 0 Å². The van der Waals surface area contributed by atoms with E-state index in [-0.39, 0.29) is 12.4 Å². The van der Waals surface area contributed by atoms with Crippen molar-refractivity contribution in [2.24, 2.45) is 4.99 Å². The first-order valence-electron chi connectivity index (χ1n) is 7.42. The van der Waals surface area contributed by atoms with Gasteiger partial charge < -0.3 is 10.6 Å². The minimum Gasteiger partial charge on any atom is -0.357 e. The van der Waals surface area contributed by atoms with Crippen molar-refractivity contribution in [1.82, 2.24) is 10.6 Å². The molecule has 0 aliphatic heterocycles. The van der Waals surface area contributed by atoms with Crippen molar-refractivity contribution in [3.8, 4) is 6.07 Å². The maximum Gasteiger partial charge on any atom is 0.191 e. The van der Waals surface area contributed by atoms with Crippen molar-refractivity contribution in [2.45, 2.75) is 39.7 Å². The Labute approximate surface area is 126 Å². The van der Waals surface area contributed by atoms with Gasteiger partial charge in [0, 0.05) is 18.7 Å². The molecule has 0 radical (unpaired) electrons. The van der Waals surface area contributed by atoms with Crippen molar-refractivity contribution in [1.29, 1.82) is 5.26 Å². The number of hydrogen-bond acceptors (Lipinski definition) is 2. The van der Waals surface area contributed by atoms with Crippen LogP contribution in [0.15, 0.2) is 23.2 Å². The first kappa shape index (κ1) is 17.0. The Morgan fingerprint density at radius 1 is 1.29 bits per heavy atom. The zero-order valence-corrected chi connectivity index (χ0v) is 12.7. The molecule has 21 heavy (non-hydrogen) atoms. The highest BCUT2D eigenvalue weighted by Gasteiger charge is 2.04. The van der Waals surface area contributed by atoms with E-state index in [2.05, 4.69) is 22.5 Å². The lowest BCUT2D eigenvalue weighted by atomic mass is 10.1. The molecular formula is C16H23FN4. The average molecular weight is 290 g/mol. The zero-order chi connectivity index (χ0) is 15.5. The van der Waals surface area contributed by atoms with Crippen molar-refractivity contribution < 1.29 is 4.39 Å². The zero-order valence-electron chi connectivity index (χ0n) is 12.7. The van der Waals surface area contributed by atoms with Gasteiger partial charge in [-0.05, 0) is 25.5 Å². The molecule has 4 nitrogen and oxygen atoms in total. The van der Waals surface area contributed by atoms with Crippen LogP contribution in [-0.2, 0) is 6.54 Å². The Morgan fingerprint density at radius 3 is 2.71 bits per heavy atom. The first-order valence-corrected chi connectivity index (χ1v) is 7.42. The van der Waals surface area contributed by atoms with Gasteiger partial charge in [0.05, 0.1) is 18.2 Å². The van der Waals surface area contributed by atoms with Gasteiger partial charge in [0.1, 0.15) is 5.82 Å². The highest BCUT2D eigenvalue weighted by molar-refractivity contribution is 5.79. The lowest BCUT2D eigenvalue weighted by molar-refractivity contribution is 0.609. The normalized spacial score (nSPS) is 11.0. The molecule has 2 N–H and O–H groups in total. The summed E-state index contributed by atoms with van der Waals surface area (Å²) in [7, 11) is 0. The molecule has 0 saturated heterocycles. The molecule has 1 rings (SSSR count). The molecule has 0 bridgehead atoms. The van der Waals surface area contributed by atoms with E-state index in [0.717, 1.165) is 19.5 Å². The van der Waals surface area contributed by atoms with Crippen LogP contribution in [0.5, 0.6) is 0 Å². The van der Waals surface area contributed by atoms with Crippen LogP contribution in [0.25, 0.3) is 0 Å². The number of guanidine groups is 1. The van der Waals surface area contributed by atoms with Crippen LogP contribution >= 0.6 is 0 Å². The maximum atomic E-state index is 13.8. The number of nitrogens with one attached hydrogen (secondary N) is 2. The van der Waals surface area contributed by atoms with Gasteiger partial charge in [-0.25, -0.2) is 9.38 Å². The minimum atomic E-state index is -0.389. The number of nitriles is 1. The van der Waals surface area contributed by atoms with Gasteiger partial charge in [-0.3, -0.25) is 0 Å². The Morgan fingerprint density at radius 2 is 2.10 bits per heavy atom. The Hall–Kier alpha value is -2.09. The van der Waals surface area contributed by atoms with E-state index < -0.39 is 0 Å². The van der Waals surface area contributed by atoms with Crippen LogP contribution in [0.2, 0.25) is 0 Å². The third-order valence-corrected chi connectivity index (χ3v) is 3.01. The second-order valence-electron chi connectivity index (χ2n) is 4.75. The highest BCUT2D eigenvalue weighted by atomic mass is 19.1. The quantitative estimate of drug-likeness (QED) is 0.461. The predicted molar refractivity (Wildman–Crippen MR) is 83.5 cm³/mol. The van der Waals surface area contributed by atoms with E-state index in [0.29, 0.717) is 17.1 Å². The molecule has 0 saturated carbocycles. The molecule has 0 heterocycles.